The first kappa shape index (κ1) is 26.6. The fourth-order valence-electron chi connectivity index (χ4n) is 5.83. The van der Waals surface area contributed by atoms with E-state index in [1.807, 2.05) is 33.3 Å². The lowest BCUT2D eigenvalue weighted by Gasteiger charge is -2.42. The predicted octanol–water partition coefficient (Wildman–Crippen LogP) is 5.67. The lowest BCUT2D eigenvalue weighted by atomic mass is 9.86. The summed E-state index contributed by atoms with van der Waals surface area (Å²) in [4.78, 5) is 34.5. The summed E-state index contributed by atoms with van der Waals surface area (Å²) in [6, 6.07) is 18.8. The van der Waals surface area contributed by atoms with Crippen molar-refractivity contribution in [3.05, 3.63) is 92.7 Å². The summed E-state index contributed by atoms with van der Waals surface area (Å²) in [7, 11) is 0. The van der Waals surface area contributed by atoms with Crippen LogP contribution in [0, 0.1) is 6.92 Å². The number of carbonyl (C=O) groups excluding carboxylic acids is 2. The van der Waals surface area contributed by atoms with Gasteiger partial charge in [0.2, 0.25) is 5.91 Å². The third-order valence-electron chi connectivity index (χ3n) is 8.13. The molecule has 0 saturated carbocycles. The summed E-state index contributed by atoms with van der Waals surface area (Å²) in [5.74, 6) is 0.196. The average molecular weight is 530 g/mol. The van der Waals surface area contributed by atoms with E-state index in [0.717, 1.165) is 13.0 Å². The van der Waals surface area contributed by atoms with Crippen LogP contribution in [0.2, 0.25) is 0 Å². The zero-order valence-corrected chi connectivity index (χ0v) is 24.1. The quantitative estimate of drug-likeness (QED) is 0.437. The largest absolute Gasteiger partial charge is 0.338 e. The van der Waals surface area contributed by atoms with E-state index in [2.05, 4.69) is 87.4 Å². The summed E-state index contributed by atoms with van der Waals surface area (Å²) in [5, 5.41) is 2.18. The minimum Gasteiger partial charge on any atom is -0.338 e. The molecule has 2 atom stereocenters. The van der Waals surface area contributed by atoms with Gasteiger partial charge in [0.25, 0.3) is 5.91 Å². The molecule has 1 aromatic heterocycles. The van der Waals surface area contributed by atoms with Crippen LogP contribution in [0.25, 0.3) is 0 Å². The second-order valence-corrected chi connectivity index (χ2v) is 12.8. The van der Waals surface area contributed by atoms with Crippen molar-refractivity contribution in [1.82, 2.24) is 14.7 Å². The van der Waals surface area contributed by atoms with E-state index in [9.17, 15) is 9.59 Å². The molecule has 5 nitrogen and oxygen atoms in total. The van der Waals surface area contributed by atoms with E-state index in [0.29, 0.717) is 31.7 Å². The van der Waals surface area contributed by atoms with Gasteiger partial charge in [0.1, 0.15) is 0 Å². The molecule has 200 valence electrons. The van der Waals surface area contributed by atoms with Gasteiger partial charge in [0.05, 0.1) is 12.6 Å². The summed E-state index contributed by atoms with van der Waals surface area (Å²) in [6.45, 7) is 13.7. The second-order valence-electron chi connectivity index (χ2n) is 11.8. The van der Waals surface area contributed by atoms with Crippen LogP contribution < -0.4 is 0 Å². The predicted molar refractivity (Wildman–Crippen MR) is 155 cm³/mol. The van der Waals surface area contributed by atoms with Gasteiger partial charge in [-0.15, -0.1) is 11.3 Å². The molecule has 1 saturated heterocycles. The summed E-state index contributed by atoms with van der Waals surface area (Å²) in [6.07, 6.45) is 0.981. The van der Waals surface area contributed by atoms with Gasteiger partial charge in [-0.3, -0.25) is 14.5 Å². The Morgan fingerprint density at radius 2 is 1.68 bits per heavy atom. The van der Waals surface area contributed by atoms with Crippen molar-refractivity contribution in [1.29, 1.82) is 0 Å². The maximum Gasteiger partial charge on any atom is 0.254 e. The molecule has 3 aromatic rings. The highest BCUT2D eigenvalue weighted by molar-refractivity contribution is 7.10. The Kier molecular flexibility index (Phi) is 7.47. The highest BCUT2D eigenvalue weighted by atomic mass is 32.1. The first-order valence-electron chi connectivity index (χ1n) is 13.7. The van der Waals surface area contributed by atoms with Gasteiger partial charge in [-0.05, 0) is 71.5 Å². The lowest BCUT2D eigenvalue weighted by molar-refractivity contribution is -0.135. The number of amides is 2. The number of aryl methyl sites for hydroxylation is 1. The number of carbonyl (C=O) groups is 2. The molecule has 2 amide bonds. The normalized spacial score (nSPS) is 20.3. The van der Waals surface area contributed by atoms with Gasteiger partial charge in [-0.2, -0.15) is 0 Å². The number of hydrogen-bond acceptors (Lipinski definition) is 4. The topological polar surface area (TPSA) is 43.9 Å². The second kappa shape index (κ2) is 10.7. The molecule has 2 aliphatic rings. The Morgan fingerprint density at radius 1 is 0.947 bits per heavy atom. The van der Waals surface area contributed by atoms with Gasteiger partial charge in [0.15, 0.2) is 0 Å². The van der Waals surface area contributed by atoms with Crippen LogP contribution >= 0.6 is 11.3 Å². The van der Waals surface area contributed by atoms with Crippen molar-refractivity contribution < 1.29 is 9.59 Å². The van der Waals surface area contributed by atoms with E-state index in [-0.39, 0.29) is 29.3 Å². The number of fused-ring (bicyclic) bond motifs is 1. The van der Waals surface area contributed by atoms with Crippen LogP contribution in [0.15, 0.2) is 60.0 Å². The van der Waals surface area contributed by atoms with Crippen molar-refractivity contribution in [3.63, 3.8) is 0 Å². The number of thiophene rings is 1. The van der Waals surface area contributed by atoms with Crippen molar-refractivity contribution in [2.24, 2.45) is 0 Å². The van der Waals surface area contributed by atoms with E-state index in [1.54, 1.807) is 0 Å². The summed E-state index contributed by atoms with van der Waals surface area (Å²) < 4.78 is 0. The molecule has 0 N–H and O–H groups in total. The molecule has 0 bridgehead atoms. The third kappa shape index (κ3) is 5.29. The number of nitrogens with zero attached hydrogens (tertiary/aromatic N) is 3. The highest BCUT2D eigenvalue weighted by Gasteiger charge is 2.35. The molecule has 0 spiro atoms. The Bertz CT molecular complexity index is 1310. The molecule has 6 heteroatoms. The van der Waals surface area contributed by atoms with Crippen molar-refractivity contribution in [3.8, 4) is 0 Å². The SMILES string of the molecule is Cc1ccccc1[C@@H]1c2ccsc2CCN1CC(=O)N1CCN(C(=O)c2ccc(C(C)(C)C)cc2)[C@H](C)C1. The van der Waals surface area contributed by atoms with Crippen LogP contribution in [0.3, 0.4) is 0 Å². The minimum atomic E-state index is -0.0283. The molecule has 0 unspecified atom stereocenters. The number of rotatable bonds is 4. The van der Waals surface area contributed by atoms with Gasteiger partial charge < -0.3 is 9.80 Å². The Labute approximate surface area is 231 Å². The molecule has 0 radical (unpaired) electrons. The monoisotopic (exact) mass is 529 g/mol. The smallest absolute Gasteiger partial charge is 0.254 e. The molecule has 3 heterocycles. The maximum absolute atomic E-state index is 13.6. The summed E-state index contributed by atoms with van der Waals surface area (Å²) >= 11 is 1.82. The zero-order chi connectivity index (χ0) is 27.0. The van der Waals surface area contributed by atoms with E-state index < -0.39 is 0 Å². The van der Waals surface area contributed by atoms with Crippen molar-refractivity contribution in [2.75, 3.05) is 32.7 Å². The Morgan fingerprint density at radius 3 is 2.37 bits per heavy atom. The number of benzene rings is 2. The molecular weight excluding hydrogens is 490 g/mol. The number of hydrogen-bond donors (Lipinski definition) is 0. The first-order chi connectivity index (χ1) is 18.1. The van der Waals surface area contributed by atoms with Crippen LogP contribution in [0.1, 0.15) is 71.2 Å². The van der Waals surface area contributed by atoms with Crippen LogP contribution in [0.4, 0.5) is 0 Å². The van der Waals surface area contributed by atoms with Gasteiger partial charge in [-0.1, -0.05) is 57.2 Å². The van der Waals surface area contributed by atoms with Crippen LogP contribution in [-0.4, -0.2) is 65.3 Å². The fraction of sp³-hybridized carbons (Fsp3) is 0.438. The van der Waals surface area contributed by atoms with E-state index in [1.165, 1.54) is 27.1 Å². The number of piperazine rings is 1. The first-order valence-corrected chi connectivity index (χ1v) is 14.6. The molecule has 38 heavy (non-hydrogen) atoms. The van der Waals surface area contributed by atoms with Crippen molar-refractivity contribution >= 4 is 23.2 Å². The maximum atomic E-state index is 13.6. The molecule has 2 aliphatic heterocycles. The van der Waals surface area contributed by atoms with Gasteiger partial charge >= 0.3 is 0 Å². The fourth-order valence-corrected chi connectivity index (χ4v) is 6.74. The third-order valence-corrected chi connectivity index (χ3v) is 9.12. The minimum absolute atomic E-state index is 0.0283. The Balaban J connectivity index is 1.26. The van der Waals surface area contributed by atoms with E-state index in [4.69, 9.17) is 0 Å². The van der Waals surface area contributed by atoms with Crippen molar-refractivity contribution in [2.45, 2.75) is 58.5 Å². The molecular formula is C32H39N3O2S. The lowest BCUT2D eigenvalue weighted by Crippen LogP contribution is -2.57. The average Bonchev–Trinajstić information content (AvgIpc) is 3.37. The molecule has 1 fully saturated rings. The standard InChI is InChI=1S/C32H39N3O2S/c1-22-8-6-7-9-26(22)30-27-15-19-38-28(27)14-16-34(30)21-29(36)33-17-18-35(23(2)20-33)31(37)24-10-12-25(13-11-24)32(3,4)5/h6-13,15,19,23,30H,14,16-18,20-21H2,1-5H3/t23-,30-/m1/s1. The zero-order valence-electron chi connectivity index (χ0n) is 23.2. The van der Waals surface area contributed by atoms with Gasteiger partial charge in [0, 0.05) is 42.7 Å². The molecule has 2 aromatic carbocycles. The van der Waals surface area contributed by atoms with Crippen LogP contribution in [-0.2, 0) is 16.6 Å². The molecule has 0 aliphatic carbocycles. The Hall–Kier alpha value is -2.96. The van der Waals surface area contributed by atoms with Gasteiger partial charge in [-0.25, -0.2) is 0 Å². The highest BCUT2D eigenvalue weighted by Crippen LogP contribution is 2.38. The van der Waals surface area contributed by atoms with Crippen LogP contribution in [0.5, 0.6) is 0 Å². The van der Waals surface area contributed by atoms with E-state index >= 15 is 0 Å². The summed E-state index contributed by atoms with van der Waals surface area (Å²) in [5.41, 5.74) is 5.86. The molecule has 5 rings (SSSR count).